The fourth-order valence-electron chi connectivity index (χ4n) is 0.756. The first kappa shape index (κ1) is 17.9. The number of ether oxygens (including phenoxy) is 1. The predicted octanol–water partition coefficient (Wildman–Crippen LogP) is 2.35. The van der Waals surface area contributed by atoms with Crippen LogP contribution in [0.2, 0.25) is 0 Å². The van der Waals surface area contributed by atoms with E-state index in [-0.39, 0.29) is 0 Å². The average Bonchev–Trinajstić information content (AvgIpc) is 2.22. The van der Waals surface area contributed by atoms with Crippen LogP contribution < -0.4 is 5.73 Å². The molecule has 2 atom stereocenters. The lowest BCUT2D eigenvalue weighted by atomic mass is 10.1. The maximum atomic E-state index is 12.8. The molecule has 0 saturated heterocycles. The number of hydrogen-bond donors (Lipinski definition) is 1. The Kier molecular flexibility index (Phi) is 5.21. The second kappa shape index (κ2) is 5.51. The first-order valence-corrected chi connectivity index (χ1v) is 5.00. The van der Waals surface area contributed by atoms with Crippen molar-refractivity contribution in [3.8, 4) is 0 Å². The van der Waals surface area contributed by atoms with E-state index in [0.717, 1.165) is 0 Å². The van der Waals surface area contributed by atoms with E-state index in [2.05, 4.69) is 4.74 Å². The lowest BCUT2D eigenvalue weighted by Gasteiger charge is -2.27. The van der Waals surface area contributed by atoms with Gasteiger partial charge in [0.05, 0.1) is 6.61 Å². The van der Waals surface area contributed by atoms with Crippen molar-refractivity contribution in [1.82, 2.24) is 0 Å². The number of rotatable bonds is 5. The van der Waals surface area contributed by atoms with Gasteiger partial charge in [-0.25, -0.2) is 4.79 Å². The van der Waals surface area contributed by atoms with Crippen molar-refractivity contribution in [2.75, 3.05) is 6.61 Å². The molecular weight excluding hydrogens is 287 g/mol. The summed E-state index contributed by atoms with van der Waals surface area (Å²) in [5.74, 6) is -16.1. The van der Waals surface area contributed by atoms with Gasteiger partial charge in [0.1, 0.15) is 0 Å². The molecule has 0 aliphatic rings. The molecule has 0 bridgehead atoms. The Morgan fingerprint density at radius 1 is 1.11 bits per heavy atom. The van der Waals surface area contributed by atoms with Crippen LogP contribution >= 0.6 is 0 Å². The van der Waals surface area contributed by atoms with Crippen molar-refractivity contribution in [2.24, 2.45) is 11.7 Å². The minimum Gasteiger partial charge on any atom is -0.461 e. The molecule has 0 aromatic carbocycles. The number of esters is 1. The molecule has 19 heavy (non-hydrogen) atoms. The van der Waals surface area contributed by atoms with Gasteiger partial charge < -0.3 is 10.5 Å². The summed E-state index contributed by atoms with van der Waals surface area (Å²) in [6.45, 7) is 1.97. The molecular formula is C9H12F7NO2. The summed E-state index contributed by atoms with van der Waals surface area (Å²) in [4.78, 5) is 10.7. The Balaban J connectivity index is 4.88. The zero-order valence-electron chi connectivity index (χ0n) is 9.90. The van der Waals surface area contributed by atoms with E-state index >= 15 is 0 Å². The topological polar surface area (TPSA) is 52.3 Å². The Bertz CT molecular complexity index is 327. The maximum absolute atomic E-state index is 12.8. The number of alkyl halides is 7. The molecule has 0 aliphatic carbocycles. The smallest absolute Gasteiger partial charge is 0.460 e. The van der Waals surface area contributed by atoms with Gasteiger partial charge in [0, 0.05) is 12.0 Å². The predicted molar refractivity (Wildman–Crippen MR) is 49.7 cm³/mol. The van der Waals surface area contributed by atoms with E-state index < -0.39 is 42.6 Å². The molecule has 0 aromatic rings. The van der Waals surface area contributed by atoms with E-state index in [0.29, 0.717) is 0 Å². The monoisotopic (exact) mass is 299 g/mol. The lowest BCUT2D eigenvalue weighted by molar-refractivity contribution is -0.348. The van der Waals surface area contributed by atoms with Crippen molar-refractivity contribution < 1.29 is 40.3 Å². The molecule has 2 N–H and O–H groups in total. The van der Waals surface area contributed by atoms with Crippen LogP contribution in [0.15, 0.2) is 0 Å². The fourth-order valence-corrected chi connectivity index (χ4v) is 0.756. The van der Waals surface area contributed by atoms with Crippen LogP contribution in [-0.4, -0.2) is 36.6 Å². The zero-order valence-corrected chi connectivity index (χ0v) is 9.90. The summed E-state index contributed by atoms with van der Waals surface area (Å²) in [6, 6.07) is -0.621. The normalized spacial score (nSPS) is 16.9. The number of halogens is 7. The van der Waals surface area contributed by atoms with Gasteiger partial charge in [0.15, 0.2) is 0 Å². The molecule has 0 heterocycles. The highest BCUT2D eigenvalue weighted by Crippen LogP contribution is 2.46. The van der Waals surface area contributed by atoms with Gasteiger partial charge in [-0.05, 0) is 6.92 Å². The van der Waals surface area contributed by atoms with Crippen molar-refractivity contribution in [2.45, 2.75) is 37.9 Å². The third kappa shape index (κ3) is 3.71. The van der Waals surface area contributed by atoms with E-state index in [1.165, 1.54) is 13.8 Å². The third-order valence-corrected chi connectivity index (χ3v) is 2.38. The zero-order chi connectivity index (χ0) is 15.6. The first-order valence-electron chi connectivity index (χ1n) is 5.00. The lowest BCUT2D eigenvalue weighted by Crippen LogP contribution is -2.56. The van der Waals surface area contributed by atoms with Gasteiger partial charge in [0.25, 0.3) is 0 Å². The Hall–Kier alpha value is -1.06. The molecule has 0 aromatic heterocycles. The minimum absolute atomic E-state index is 0.621. The highest BCUT2D eigenvalue weighted by Gasteiger charge is 2.77. The van der Waals surface area contributed by atoms with Gasteiger partial charge in [-0.1, -0.05) is 6.92 Å². The highest BCUT2D eigenvalue weighted by molar-refractivity contribution is 5.79. The summed E-state index contributed by atoms with van der Waals surface area (Å²) < 4.78 is 89.5. The molecule has 10 heteroatoms. The van der Waals surface area contributed by atoms with Gasteiger partial charge in [-0.15, -0.1) is 0 Å². The highest BCUT2D eigenvalue weighted by atomic mass is 19.4. The maximum Gasteiger partial charge on any atom is 0.460 e. The van der Waals surface area contributed by atoms with Crippen LogP contribution in [-0.2, 0) is 9.53 Å². The van der Waals surface area contributed by atoms with Gasteiger partial charge in [-0.3, -0.25) is 0 Å². The fraction of sp³-hybridized carbons (Fsp3) is 0.889. The summed E-state index contributed by atoms with van der Waals surface area (Å²) in [5, 5.41) is 0. The molecule has 0 saturated carbocycles. The van der Waals surface area contributed by atoms with Gasteiger partial charge >= 0.3 is 24.0 Å². The molecule has 0 spiro atoms. The van der Waals surface area contributed by atoms with Crippen molar-refractivity contribution >= 4 is 5.97 Å². The number of nitrogens with two attached hydrogens (primary N) is 1. The standard InChI is InChI=1S/C9H12F7NO2/c1-4(5(2)17)3-19-6(18)7(10,11)8(12,13)9(14,15)16/h4-5H,3,17H2,1-2H3. The van der Waals surface area contributed by atoms with Crippen LogP contribution in [0.3, 0.4) is 0 Å². The molecule has 0 rings (SSSR count). The van der Waals surface area contributed by atoms with Crippen LogP contribution in [0, 0.1) is 5.92 Å². The number of hydrogen-bond acceptors (Lipinski definition) is 3. The number of carbonyl (C=O) groups is 1. The molecule has 0 aliphatic heterocycles. The molecule has 3 nitrogen and oxygen atoms in total. The van der Waals surface area contributed by atoms with Crippen LogP contribution in [0.4, 0.5) is 30.7 Å². The van der Waals surface area contributed by atoms with E-state index in [9.17, 15) is 35.5 Å². The average molecular weight is 299 g/mol. The summed E-state index contributed by atoms with van der Waals surface area (Å²) in [7, 11) is 0. The van der Waals surface area contributed by atoms with E-state index in [1.54, 1.807) is 0 Å². The Labute approximate surface area is 103 Å². The second-order valence-electron chi connectivity index (χ2n) is 4.08. The second-order valence-corrected chi connectivity index (χ2v) is 4.08. The summed E-state index contributed by atoms with van der Waals surface area (Å²) >= 11 is 0. The molecule has 114 valence electrons. The van der Waals surface area contributed by atoms with Crippen LogP contribution in [0.25, 0.3) is 0 Å². The van der Waals surface area contributed by atoms with Crippen LogP contribution in [0.1, 0.15) is 13.8 Å². The largest absolute Gasteiger partial charge is 0.461 e. The SMILES string of the molecule is CC(N)C(C)COC(=O)C(F)(F)C(F)(F)C(F)(F)F. The number of carbonyl (C=O) groups excluding carboxylic acids is 1. The summed E-state index contributed by atoms with van der Waals surface area (Å²) in [5.41, 5.74) is 5.28. The van der Waals surface area contributed by atoms with E-state index in [1.807, 2.05) is 0 Å². The molecule has 0 fully saturated rings. The van der Waals surface area contributed by atoms with Crippen molar-refractivity contribution in [3.05, 3.63) is 0 Å². The third-order valence-electron chi connectivity index (χ3n) is 2.38. The molecule has 2 unspecified atom stereocenters. The minimum atomic E-state index is -6.57. The molecule has 0 radical (unpaired) electrons. The first-order chi connectivity index (χ1) is 8.25. The van der Waals surface area contributed by atoms with Gasteiger partial charge in [-0.2, -0.15) is 30.7 Å². The Morgan fingerprint density at radius 2 is 1.53 bits per heavy atom. The molecule has 0 amide bonds. The van der Waals surface area contributed by atoms with Gasteiger partial charge in [0.2, 0.25) is 0 Å². The summed E-state index contributed by atoms with van der Waals surface area (Å²) in [6.07, 6.45) is -6.57. The van der Waals surface area contributed by atoms with Crippen molar-refractivity contribution in [1.29, 1.82) is 0 Å². The van der Waals surface area contributed by atoms with E-state index in [4.69, 9.17) is 5.73 Å². The van der Waals surface area contributed by atoms with Crippen LogP contribution in [0.5, 0.6) is 0 Å². The Morgan fingerprint density at radius 3 is 1.84 bits per heavy atom. The quantitative estimate of drug-likeness (QED) is 0.626. The van der Waals surface area contributed by atoms with Crippen molar-refractivity contribution in [3.63, 3.8) is 0 Å².